The molecule has 6 heteroatoms. The third-order valence-corrected chi connectivity index (χ3v) is 5.39. The Morgan fingerprint density at radius 1 is 1.61 bits per heavy atom. The van der Waals surface area contributed by atoms with Gasteiger partial charge in [0.05, 0.1) is 17.2 Å². The van der Waals surface area contributed by atoms with Gasteiger partial charge in [-0.2, -0.15) is 5.10 Å². The van der Waals surface area contributed by atoms with Crippen molar-refractivity contribution in [2.75, 3.05) is 18.1 Å². The number of nitrogens with zero attached hydrogens (tertiary/aromatic N) is 2. The highest BCUT2D eigenvalue weighted by atomic mass is 32.2. The van der Waals surface area contributed by atoms with E-state index in [0.29, 0.717) is 11.5 Å². The van der Waals surface area contributed by atoms with Crippen molar-refractivity contribution in [2.45, 2.75) is 26.3 Å². The van der Waals surface area contributed by atoms with Gasteiger partial charge in [0.2, 0.25) is 0 Å². The van der Waals surface area contributed by atoms with Crippen LogP contribution in [0.3, 0.4) is 0 Å². The van der Waals surface area contributed by atoms with Crippen molar-refractivity contribution < 1.29 is 8.42 Å². The van der Waals surface area contributed by atoms with E-state index in [-0.39, 0.29) is 12.0 Å². The molecule has 1 N–H and O–H groups in total. The maximum atomic E-state index is 11.4. The molecule has 0 aromatic carbocycles. The molecule has 0 saturated carbocycles. The second-order valence-corrected chi connectivity index (χ2v) is 7.47. The molecule has 0 aliphatic carbocycles. The van der Waals surface area contributed by atoms with E-state index in [1.54, 1.807) is 0 Å². The summed E-state index contributed by atoms with van der Waals surface area (Å²) < 4.78 is 24.6. The number of nitrogens with one attached hydrogen (secondary N) is 1. The predicted molar refractivity (Wildman–Crippen MR) is 71.1 cm³/mol. The average molecular weight is 271 g/mol. The summed E-state index contributed by atoms with van der Waals surface area (Å²) in [4.78, 5) is 0. The van der Waals surface area contributed by atoms with Crippen LogP contribution >= 0.6 is 0 Å². The van der Waals surface area contributed by atoms with Gasteiger partial charge >= 0.3 is 0 Å². The number of hydrogen-bond acceptors (Lipinski definition) is 4. The Labute approximate surface area is 108 Å². The predicted octanol–water partition coefficient (Wildman–Crippen LogP) is 0.814. The zero-order valence-corrected chi connectivity index (χ0v) is 12.0. The van der Waals surface area contributed by atoms with Crippen molar-refractivity contribution in [3.05, 3.63) is 17.5 Å². The first-order valence-electron chi connectivity index (χ1n) is 6.31. The second-order valence-electron chi connectivity index (χ2n) is 5.24. The number of rotatable bonds is 4. The smallest absolute Gasteiger partial charge is 0.150 e. The van der Waals surface area contributed by atoms with Crippen molar-refractivity contribution in [3.63, 3.8) is 0 Å². The first kappa shape index (κ1) is 13.5. The van der Waals surface area contributed by atoms with Gasteiger partial charge in [0.1, 0.15) is 0 Å². The minimum Gasteiger partial charge on any atom is -0.310 e. The molecule has 0 bridgehead atoms. The van der Waals surface area contributed by atoms with Gasteiger partial charge in [-0.25, -0.2) is 8.42 Å². The summed E-state index contributed by atoms with van der Waals surface area (Å²) in [6.45, 7) is 4.84. The molecule has 0 radical (unpaired) electrons. The molecule has 0 spiro atoms. The number of sulfone groups is 1. The number of hydrogen-bond donors (Lipinski definition) is 1. The van der Waals surface area contributed by atoms with Crippen LogP contribution < -0.4 is 5.32 Å². The van der Waals surface area contributed by atoms with Gasteiger partial charge in [0, 0.05) is 24.8 Å². The van der Waals surface area contributed by atoms with Crippen LogP contribution in [-0.2, 0) is 16.9 Å². The van der Waals surface area contributed by atoms with Crippen LogP contribution in [-0.4, -0.2) is 36.2 Å². The molecular weight excluding hydrogens is 250 g/mol. The molecular formula is C12H21N3O2S. The normalized spacial score (nSPS) is 24.3. The van der Waals surface area contributed by atoms with E-state index in [9.17, 15) is 8.42 Å². The Morgan fingerprint density at radius 3 is 2.83 bits per heavy atom. The monoisotopic (exact) mass is 271 g/mol. The van der Waals surface area contributed by atoms with Gasteiger partial charge in [0.25, 0.3) is 0 Å². The van der Waals surface area contributed by atoms with Crippen LogP contribution in [0.25, 0.3) is 0 Å². The van der Waals surface area contributed by atoms with Crippen molar-refractivity contribution in [3.8, 4) is 0 Å². The minimum atomic E-state index is -2.77. The van der Waals surface area contributed by atoms with E-state index >= 15 is 0 Å². The van der Waals surface area contributed by atoms with Crippen LogP contribution in [0.5, 0.6) is 0 Å². The van der Waals surface area contributed by atoms with E-state index in [0.717, 1.165) is 18.7 Å². The first-order chi connectivity index (χ1) is 8.37. The third kappa shape index (κ3) is 3.11. The fourth-order valence-corrected chi connectivity index (χ4v) is 4.39. The largest absolute Gasteiger partial charge is 0.310 e. The zero-order valence-electron chi connectivity index (χ0n) is 11.2. The summed E-state index contributed by atoms with van der Waals surface area (Å²) in [7, 11) is -0.859. The first-order valence-corrected chi connectivity index (χ1v) is 8.13. The molecule has 18 heavy (non-hydrogen) atoms. The summed E-state index contributed by atoms with van der Waals surface area (Å²) in [5, 5.41) is 7.73. The van der Waals surface area contributed by atoms with Crippen LogP contribution in [0.1, 0.15) is 30.6 Å². The fraction of sp³-hybridized carbons (Fsp3) is 0.750. The maximum Gasteiger partial charge on any atom is 0.150 e. The topological polar surface area (TPSA) is 64.0 Å². The lowest BCUT2D eigenvalue weighted by Gasteiger charge is -2.16. The maximum absolute atomic E-state index is 11.4. The molecule has 5 nitrogen and oxygen atoms in total. The van der Waals surface area contributed by atoms with Gasteiger partial charge in [0.15, 0.2) is 9.84 Å². The Morgan fingerprint density at radius 2 is 2.33 bits per heavy atom. The molecule has 1 aromatic heterocycles. The van der Waals surface area contributed by atoms with Crippen molar-refractivity contribution in [1.82, 2.24) is 15.1 Å². The highest BCUT2D eigenvalue weighted by molar-refractivity contribution is 7.91. The molecule has 1 fully saturated rings. The molecule has 102 valence electrons. The fourth-order valence-electron chi connectivity index (χ4n) is 2.53. The van der Waals surface area contributed by atoms with Gasteiger partial charge < -0.3 is 5.32 Å². The van der Waals surface area contributed by atoms with Gasteiger partial charge in [-0.3, -0.25) is 4.68 Å². The summed E-state index contributed by atoms with van der Waals surface area (Å²) in [5.74, 6) is 0.938. The standard InChI is InChI=1S/C12H21N3O2S/c1-9(12-7-15(3)14-10(12)2)13-6-11-4-5-18(16,17)8-11/h7,9,11,13H,4-6,8H2,1-3H3. The Balaban J connectivity index is 1.89. The molecule has 2 heterocycles. The van der Waals surface area contributed by atoms with Gasteiger partial charge in [-0.1, -0.05) is 0 Å². The van der Waals surface area contributed by atoms with Crippen molar-refractivity contribution >= 4 is 9.84 Å². The summed E-state index contributed by atoms with van der Waals surface area (Å²) in [6.07, 6.45) is 2.80. The Hall–Kier alpha value is -0.880. The van der Waals surface area contributed by atoms with Crippen molar-refractivity contribution in [1.29, 1.82) is 0 Å². The molecule has 1 aliphatic rings. The van der Waals surface area contributed by atoms with Crippen LogP contribution in [0.2, 0.25) is 0 Å². The molecule has 2 rings (SSSR count). The SMILES string of the molecule is Cc1nn(C)cc1C(C)NCC1CCS(=O)(=O)C1. The molecule has 2 unspecified atom stereocenters. The van der Waals surface area contributed by atoms with Crippen LogP contribution in [0.15, 0.2) is 6.20 Å². The molecule has 1 aliphatic heterocycles. The lowest BCUT2D eigenvalue weighted by atomic mass is 10.1. The molecule has 2 atom stereocenters. The second kappa shape index (κ2) is 5.01. The van der Waals surface area contributed by atoms with Crippen LogP contribution in [0.4, 0.5) is 0 Å². The van der Waals surface area contributed by atoms with E-state index < -0.39 is 9.84 Å². The quantitative estimate of drug-likeness (QED) is 0.880. The number of aryl methyl sites for hydroxylation is 2. The average Bonchev–Trinajstić information content (AvgIpc) is 2.78. The van der Waals surface area contributed by atoms with Crippen LogP contribution in [0, 0.1) is 12.8 Å². The highest BCUT2D eigenvalue weighted by Crippen LogP contribution is 2.20. The van der Waals surface area contributed by atoms with Gasteiger partial charge in [-0.05, 0) is 32.7 Å². The molecule has 1 aromatic rings. The minimum absolute atomic E-state index is 0.210. The number of aromatic nitrogens is 2. The summed E-state index contributed by atoms with van der Waals surface area (Å²) in [6, 6.07) is 0.210. The Bertz CT molecular complexity index is 521. The van der Waals surface area contributed by atoms with E-state index in [1.807, 2.05) is 24.9 Å². The van der Waals surface area contributed by atoms with Crippen molar-refractivity contribution in [2.24, 2.45) is 13.0 Å². The van der Waals surface area contributed by atoms with E-state index in [2.05, 4.69) is 17.3 Å². The molecule has 1 saturated heterocycles. The van der Waals surface area contributed by atoms with E-state index in [4.69, 9.17) is 0 Å². The highest BCUT2D eigenvalue weighted by Gasteiger charge is 2.28. The summed E-state index contributed by atoms with van der Waals surface area (Å²) >= 11 is 0. The molecule has 0 amide bonds. The third-order valence-electron chi connectivity index (χ3n) is 3.56. The zero-order chi connectivity index (χ0) is 13.3. The summed E-state index contributed by atoms with van der Waals surface area (Å²) in [5.41, 5.74) is 2.20. The lowest BCUT2D eigenvalue weighted by Crippen LogP contribution is -2.26. The van der Waals surface area contributed by atoms with Gasteiger partial charge in [-0.15, -0.1) is 0 Å². The lowest BCUT2D eigenvalue weighted by molar-refractivity contribution is 0.475. The van der Waals surface area contributed by atoms with E-state index in [1.165, 1.54) is 5.56 Å². The Kier molecular flexibility index (Phi) is 3.77.